The average molecular weight is 248 g/mol. The standard InChI is InChI=1S/C15H24N2O/c1-4-14(17(5-2)6-3)15(18)16-12-13-10-8-7-9-11-13/h7-11,14H,4-6,12H2,1-3H3,(H,16,18). The van der Waals surface area contributed by atoms with Gasteiger partial charge in [-0.1, -0.05) is 51.1 Å². The first-order valence-electron chi connectivity index (χ1n) is 6.78. The number of carbonyl (C=O) groups excluding carboxylic acids is 1. The van der Waals surface area contributed by atoms with Crippen molar-refractivity contribution in [3.8, 4) is 0 Å². The molecule has 1 unspecified atom stereocenters. The van der Waals surface area contributed by atoms with Crippen molar-refractivity contribution in [2.75, 3.05) is 13.1 Å². The molecule has 0 aliphatic heterocycles. The lowest BCUT2D eigenvalue weighted by Gasteiger charge is -2.27. The number of hydrogen-bond acceptors (Lipinski definition) is 2. The van der Waals surface area contributed by atoms with Gasteiger partial charge in [0.2, 0.25) is 5.91 Å². The van der Waals surface area contributed by atoms with Crippen molar-refractivity contribution >= 4 is 5.91 Å². The van der Waals surface area contributed by atoms with Gasteiger partial charge in [0.05, 0.1) is 6.04 Å². The Morgan fingerprint density at radius 2 is 1.78 bits per heavy atom. The summed E-state index contributed by atoms with van der Waals surface area (Å²) in [6.45, 7) is 8.68. The lowest BCUT2D eigenvalue weighted by Crippen LogP contribution is -2.46. The van der Waals surface area contributed by atoms with Crippen LogP contribution in [0.4, 0.5) is 0 Å². The molecule has 0 radical (unpaired) electrons. The van der Waals surface area contributed by atoms with E-state index in [0.717, 1.165) is 25.1 Å². The molecule has 3 nitrogen and oxygen atoms in total. The van der Waals surface area contributed by atoms with Gasteiger partial charge in [0.15, 0.2) is 0 Å². The predicted molar refractivity (Wildman–Crippen MR) is 75.3 cm³/mol. The minimum atomic E-state index is -0.0105. The molecule has 0 aliphatic carbocycles. The van der Waals surface area contributed by atoms with Gasteiger partial charge in [-0.3, -0.25) is 9.69 Å². The van der Waals surface area contributed by atoms with Gasteiger partial charge in [-0.2, -0.15) is 0 Å². The molecule has 18 heavy (non-hydrogen) atoms. The molecule has 1 rings (SSSR count). The van der Waals surface area contributed by atoms with Crippen molar-refractivity contribution in [2.24, 2.45) is 0 Å². The molecule has 0 fully saturated rings. The molecule has 1 amide bonds. The first-order valence-corrected chi connectivity index (χ1v) is 6.78. The zero-order valence-electron chi connectivity index (χ0n) is 11.6. The third-order valence-corrected chi connectivity index (χ3v) is 3.25. The van der Waals surface area contributed by atoms with Crippen LogP contribution in [-0.4, -0.2) is 29.9 Å². The van der Waals surface area contributed by atoms with E-state index in [0.29, 0.717) is 6.54 Å². The fraction of sp³-hybridized carbons (Fsp3) is 0.533. The highest BCUT2D eigenvalue weighted by Gasteiger charge is 2.21. The van der Waals surface area contributed by atoms with Crippen LogP contribution in [0, 0.1) is 0 Å². The molecule has 1 N–H and O–H groups in total. The molecule has 0 spiro atoms. The molecule has 0 aromatic heterocycles. The normalized spacial score (nSPS) is 12.4. The SMILES string of the molecule is CCC(C(=O)NCc1ccccc1)N(CC)CC. The van der Waals surface area contributed by atoms with Crippen LogP contribution >= 0.6 is 0 Å². The number of benzene rings is 1. The average Bonchev–Trinajstić information content (AvgIpc) is 2.43. The van der Waals surface area contributed by atoms with E-state index in [1.807, 2.05) is 30.3 Å². The van der Waals surface area contributed by atoms with Crippen molar-refractivity contribution in [2.45, 2.75) is 39.8 Å². The summed E-state index contributed by atoms with van der Waals surface area (Å²) in [6.07, 6.45) is 0.850. The van der Waals surface area contributed by atoms with E-state index >= 15 is 0 Å². The zero-order valence-corrected chi connectivity index (χ0v) is 11.6. The van der Waals surface area contributed by atoms with Crippen LogP contribution in [0.15, 0.2) is 30.3 Å². The van der Waals surface area contributed by atoms with Crippen molar-refractivity contribution in [3.63, 3.8) is 0 Å². The van der Waals surface area contributed by atoms with Crippen LogP contribution in [0.3, 0.4) is 0 Å². The maximum atomic E-state index is 12.2. The molecule has 1 aromatic rings. The summed E-state index contributed by atoms with van der Waals surface area (Å²) in [5, 5.41) is 3.02. The fourth-order valence-electron chi connectivity index (χ4n) is 2.18. The Labute approximate surface area is 110 Å². The van der Waals surface area contributed by atoms with E-state index < -0.39 is 0 Å². The highest BCUT2D eigenvalue weighted by molar-refractivity contribution is 5.81. The summed E-state index contributed by atoms with van der Waals surface area (Å²) >= 11 is 0. The van der Waals surface area contributed by atoms with E-state index in [-0.39, 0.29) is 11.9 Å². The van der Waals surface area contributed by atoms with Crippen LogP contribution in [-0.2, 0) is 11.3 Å². The molecule has 0 heterocycles. The van der Waals surface area contributed by atoms with Crippen molar-refractivity contribution in [3.05, 3.63) is 35.9 Å². The summed E-state index contributed by atoms with van der Waals surface area (Å²) in [4.78, 5) is 14.3. The van der Waals surface area contributed by atoms with Gasteiger partial charge in [0.1, 0.15) is 0 Å². The number of nitrogens with one attached hydrogen (secondary N) is 1. The summed E-state index contributed by atoms with van der Waals surface area (Å²) in [5.74, 6) is 0.130. The van der Waals surface area contributed by atoms with Gasteiger partial charge in [0, 0.05) is 6.54 Å². The fourth-order valence-corrected chi connectivity index (χ4v) is 2.18. The third kappa shape index (κ3) is 4.15. The first kappa shape index (κ1) is 14.7. The molecule has 0 aliphatic rings. The molecule has 100 valence electrons. The molecule has 0 bridgehead atoms. The highest BCUT2D eigenvalue weighted by Crippen LogP contribution is 2.05. The van der Waals surface area contributed by atoms with E-state index in [9.17, 15) is 4.79 Å². The molecule has 0 saturated heterocycles. The van der Waals surface area contributed by atoms with Crippen LogP contribution in [0.2, 0.25) is 0 Å². The predicted octanol–water partition coefficient (Wildman–Crippen LogP) is 2.42. The summed E-state index contributed by atoms with van der Waals surface area (Å²) in [6, 6.07) is 10.0. The molecular weight excluding hydrogens is 224 g/mol. The second kappa shape index (κ2) is 7.88. The summed E-state index contributed by atoms with van der Waals surface area (Å²) in [7, 11) is 0. The van der Waals surface area contributed by atoms with E-state index in [1.54, 1.807) is 0 Å². The molecule has 1 aromatic carbocycles. The maximum absolute atomic E-state index is 12.2. The Morgan fingerprint density at radius 3 is 2.28 bits per heavy atom. The number of carbonyl (C=O) groups is 1. The van der Waals surface area contributed by atoms with Gasteiger partial charge in [-0.25, -0.2) is 0 Å². The molecule has 1 atom stereocenters. The van der Waals surface area contributed by atoms with Crippen molar-refractivity contribution < 1.29 is 4.79 Å². The molecule has 3 heteroatoms. The minimum Gasteiger partial charge on any atom is -0.351 e. The second-order valence-electron chi connectivity index (χ2n) is 4.35. The number of hydrogen-bond donors (Lipinski definition) is 1. The third-order valence-electron chi connectivity index (χ3n) is 3.25. The van der Waals surface area contributed by atoms with E-state index in [1.165, 1.54) is 0 Å². The van der Waals surface area contributed by atoms with Crippen LogP contribution in [0.25, 0.3) is 0 Å². The Bertz CT molecular complexity index is 347. The summed E-state index contributed by atoms with van der Waals surface area (Å²) < 4.78 is 0. The largest absolute Gasteiger partial charge is 0.351 e. The Morgan fingerprint density at radius 1 is 1.17 bits per heavy atom. The quantitative estimate of drug-likeness (QED) is 0.803. The first-order chi connectivity index (χ1) is 8.72. The summed E-state index contributed by atoms with van der Waals surface area (Å²) in [5.41, 5.74) is 1.14. The molecular formula is C15H24N2O. The van der Waals surface area contributed by atoms with Gasteiger partial charge in [-0.05, 0) is 25.1 Å². The highest BCUT2D eigenvalue weighted by atomic mass is 16.2. The van der Waals surface area contributed by atoms with Crippen LogP contribution < -0.4 is 5.32 Å². The topological polar surface area (TPSA) is 32.3 Å². The number of rotatable bonds is 7. The van der Waals surface area contributed by atoms with Gasteiger partial charge < -0.3 is 5.32 Å². The van der Waals surface area contributed by atoms with Gasteiger partial charge in [0.25, 0.3) is 0 Å². The monoisotopic (exact) mass is 248 g/mol. The second-order valence-corrected chi connectivity index (χ2v) is 4.35. The van der Waals surface area contributed by atoms with E-state index in [4.69, 9.17) is 0 Å². The van der Waals surface area contributed by atoms with Gasteiger partial charge in [-0.15, -0.1) is 0 Å². The lowest BCUT2D eigenvalue weighted by atomic mass is 10.1. The van der Waals surface area contributed by atoms with Crippen LogP contribution in [0.5, 0.6) is 0 Å². The van der Waals surface area contributed by atoms with E-state index in [2.05, 4.69) is 31.0 Å². The maximum Gasteiger partial charge on any atom is 0.237 e. The number of nitrogens with zero attached hydrogens (tertiary/aromatic N) is 1. The van der Waals surface area contributed by atoms with Crippen LogP contribution in [0.1, 0.15) is 32.8 Å². The Balaban J connectivity index is 2.52. The number of likely N-dealkylation sites (N-methyl/N-ethyl adjacent to an activating group) is 1. The smallest absolute Gasteiger partial charge is 0.237 e. The minimum absolute atomic E-state index is 0.0105. The van der Waals surface area contributed by atoms with Gasteiger partial charge >= 0.3 is 0 Å². The van der Waals surface area contributed by atoms with Crippen molar-refractivity contribution in [1.82, 2.24) is 10.2 Å². The zero-order chi connectivity index (χ0) is 13.4. The Hall–Kier alpha value is -1.35. The van der Waals surface area contributed by atoms with Crippen molar-refractivity contribution in [1.29, 1.82) is 0 Å². The number of amides is 1. The molecule has 0 saturated carbocycles. The lowest BCUT2D eigenvalue weighted by molar-refractivity contribution is -0.126. The Kier molecular flexibility index (Phi) is 6.44.